The molecule has 2 unspecified atom stereocenters. The number of nitrogens with zero attached hydrogens (tertiary/aromatic N) is 1. The molecule has 1 aliphatic heterocycles. The van der Waals surface area contributed by atoms with Crippen molar-refractivity contribution < 1.29 is 18.3 Å². The first kappa shape index (κ1) is 15.6. The molecule has 1 aliphatic rings. The Hall–Kier alpha value is -0.820. The van der Waals surface area contributed by atoms with Crippen molar-refractivity contribution in [3.05, 3.63) is 28.2 Å². The van der Waals surface area contributed by atoms with E-state index in [0.29, 0.717) is 0 Å². The Morgan fingerprint density at radius 3 is 2.30 bits per heavy atom. The number of carbonyl (C=O) groups is 1. The van der Waals surface area contributed by atoms with Crippen LogP contribution in [0.4, 0.5) is 0 Å². The van der Waals surface area contributed by atoms with E-state index < -0.39 is 21.9 Å². The molecule has 0 aliphatic carbocycles. The highest BCUT2D eigenvalue weighted by Gasteiger charge is 2.41. The molecule has 2 rings (SSSR count). The topological polar surface area (TPSA) is 74.7 Å². The molecule has 0 radical (unpaired) electrons. The minimum absolute atomic E-state index is 0.0314. The van der Waals surface area contributed by atoms with E-state index in [4.69, 9.17) is 28.3 Å². The molecule has 110 valence electrons. The number of aliphatic carboxylic acids is 1. The van der Waals surface area contributed by atoms with E-state index in [1.54, 1.807) is 13.0 Å². The highest BCUT2D eigenvalue weighted by atomic mass is 35.5. The molecule has 1 heterocycles. The fourth-order valence-corrected chi connectivity index (χ4v) is 4.96. The first-order valence-corrected chi connectivity index (χ1v) is 8.11. The highest BCUT2D eigenvalue weighted by Crippen LogP contribution is 2.35. The molecule has 5 nitrogen and oxygen atoms in total. The third kappa shape index (κ3) is 2.65. The van der Waals surface area contributed by atoms with E-state index >= 15 is 0 Å². The number of sulfonamides is 1. The average Bonchev–Trinajstić information content (AvgIpc) is 2.71. The lowest BCUT2D eigenvalue weighted by Crippen LogP contribution is -2.30. The number of hydrogen-bond acceptors (Lipinski definition) is 3. The van der Waals surface area contributed by atoms with Gasteiger partial charge < -0.3 is 5.11 Å². The molecule has 0 spiro atoms. The molecule has 1 saturated heterocycles. The van der Waals surface area contributed by atoms with Crippen LogP contribution in [0.2, 0.25) is 10.0 Å². The number of hydrogen-bond donors (Lipinski definition) is 1. The minimum Gasteiger partial charge on any atom is -0.481 e. The third-order valence-corrected chi connectivity index (χ3v) is 6.20. The molecule has 0 bridgehead atoms. The van der Waals surface area contributed by atoms with E-state index in [1.807, 2.05) is 0 Å². The van der Waals surface area contributed by atoms with E-state index in [9.17, 15) is 13.2 Å². The maximum atomic E-state index is 12.6. The molecule has 1 N–H and O–H groups in total. The minimum atomic E-state index is -3.89. The van der Waals surface area contributed by atoms with Crippen molar-refractivity contribution in [3.8, 4) is 0 Å². The summed E-state index contributed by atoms with van der Waals surface area (Å²) in [4.78, 5) is 10.9. The lowest BCUT2D eigenvalue weighted by Gasteiger charge is -2.17. The molecule has 1 aromatic rings. The van der Waals surface area contributed by atoms with Gasteiger partial charge in [-0.2, -0.15) is 4.31 Å². The predicted molar refractivity (Wildman–Crippen MR) is 75.5 cm³/mol. The zero-order chi connectivity index (χ0) is 15.1. The van der Waals surface area contributed by atoms with Gasteiger partial charge in [0.15, 0.2) is 0 Å². The van der Waals surface area contributed by atoms with Crippen molar-refractivity contribution in [3.63, 3.8) is 0 Å². The van der Waals surface area contributed by atoms with Crippen LogP contribution < -0.4 is 0 Å². The summed E-state index contributed by atoms with van der Waals surface area (Å²) in [5, 5.41) is 9.14. The number of rotatable bonds is 3. The standard InChI is InChI=1S/C12H13Cl2NO4S/c1-7-5-15(6-8(7)12(16)17)20(18,19)11-9(13)3-2-4-10(11)14/h2-4,7-8H,5-6H2,1H3,(H,16,17). The fraction of sp³-hybridized carbons (Fsp3) is 0.417. The summed E-state index contributed by atoms with van der Waals surface area (Å²) in [6.07, 6.45) is 0. The molecular formula is C12H13Cl2NO4S. The number of carboxylic acid groups (broad SMARTS) is 1. The van der Waals surface area contributed by atoms with Gasteiger partial charge in [0.05, 0.1) is 16.0 Å². The summed E-state index contributed by atoms with van der Waals surface area (Å²) in [6, 6.07) is 4.43. The molecule has 0 saturated carbocycles. The van der Waals surface area contributed by atoms with Crippen LogP contribution in [0, 0.1) is 11.8 Å². The van der Waals surface area contributed by atoms with Gasteiger partial charge in [-0.05, 0) is 18.1 Å². The quantitative estimate of drug-likeness (QED) is 0.918. The summed E-state index contributed by atoms with van der Waals surface area (Å²) >= 11 is 11.8. The van der Waals surface area contributed by atoms with Gasteiger partial charge in [-0.15, -0.1) is 0 Å². The highest BCUT2D eigenvalue weighted by molar-refractivity contribution is 7.89. The van der Waals surface area contributed by atoms with Crippen LogP contribution in [0.5, 0.6) is 0 Å². The number of halogens is 2. The first-order chi connectivity index (χ1) is 9.25. The zero-order valence-electron chi connectivity index (χ0n) is 10.6. The van der Waals surface area contributed by atoms with Crippen molar-refractivity contribution in [1.82, 2.24) is 4.31 Å². The maximum absolute atomic E-state index is 12.6. The van der Waals surface area contributed by atoms with Crippen molar-refractivity contribution in [2.75, 3.05) is 13.1 Å². The van der Waals surface area contributed by atoms with E-state index in [-0.39, 0.29) is 33.9 Å². The van der Waals surface area contributed by atoms with E-state index in [0.717, 1.165) is 4.31 Å². The van der Waals surface area contributed by atoms with Gasteiger partial charge in [-0.25, -0.2) is 8.42 Å². The second kappa shape index (κ2) is 5.52. The Bertz CT molecular complexity index is 627. The van der Waals surface area contributed by atoms with Crippen molar-refractivity contribution in [2.45, 2.75) is 11.8 Å². The lowest BCUT2D eigenvalue weighted by molar-refractivity contribution is -0.142. The smallest absolute Gasteiger partial charge is 0.308 e. The maximum Gasteiger partial charge on any atom is 0.308 e. The Kier molecular flexibility index (Phi) is 4.30. The molecule has 0 amide bonds. The second-order valence-corrected chi connectivity index (χ2v) is 7.48. The molecule has 0 aromatic heterocycles. The van der Waals surface area contributed by atoms with Gasteiger partial charge in [0.2, 0.25) is 10.0 Å². The van der Waals surface area contributed by atoms with Gasteiger partial charge in [0.1, 0.15) is 4.90 Å². The van der Waals surface area contributed by atoms with Crippen LogP contribution in [0.3, 0.4) is 0 Å². The predicted octanol–water partition coefficient (Wildman–Crippen LogP) is 2.33. The zero-order valence-corrected chi connectivity index (χ0v) is 12.9. The van der Waals surface area contributed by atoms with Gasteiger partial charge in [-0.1, -0.05) is 36.2 Å². The van der Waals surface area contributed by atoms with Crippen LogP contribution in [0.15, 0.2) is 23.1 Å². The molecule has 1 fully saturated rings. The Morgan fingerprint density at radius 1 is 1.30 bits per heavy atom. The van der Waals surface area contributed by atoms with Gasteiger partial charge in [0.25, 0.3) is 0 Å². The number of carboxylic acids is 1. The van der Waals surface area contributed by atoms with Gasteiger partial charge in [0, 0.05) is 13.1 Å². The second-order valence-electron chi connectivity index (χ2n) is 4.79. The third-order valence-electron chi connectivity index (χ3n) is 3.41. The normalized spacial score (nSPS) is 23.9. The number of benzene rings is 1. The van der Waals surface area contributed by atoms with E-state index in [1.165, 1.54) is 12.1 Å². The first-order valence-electron chi connectivity index (χ1n) is 5.92. The summed E-state index contributed by atoms with van der Waals surface area (Å²) < 4.78 is 26.2. The van der Waals surface area contributed by atoms with Crippen LogP contribution in [-0.4, -0.2) is 36.9 Å². The van der Waals surface area contributed by atoms with Gasteiger partial charge >= 0.3 is 5.97 Å². The van der Waals surface area contributed by atoms with E-state index in [2.05, 4.69) is 0 Å². The lowest BCUT2D eigenvalue weighted by atomic mass is 9.99. The Labute approximate surface area is 127 Å². The summed E-state index contributed by atoms with van der Waals surface area (Å²) in [5.74, 6) is -1.98. The van der Waals surface area contributed by atoms with Crippen LogP contribution in [0.25, 0.3) is 0 Å². The van der Waals surface area contributed by atoms with Crippen LogP contribution >= 0.6 is 23.2 Å². The largest absolute Gasteiger partial charge is 0.481 e. The summed E-state index contributed by atoms with van der Waals surface area (Å²) in [6.45, 7) is 1.78. The van der Waals surface area contributed by atoms with Crippen molar-refractivity contribution in [1.29, 1.82) is 0 Å². The van der Waals surface area contributed by atoms with Crippen molar-refractivity contribution in [2.24, 2.45) is 11.8 Å². The van der Waals surface area contributed by atoms with Crippen molar-refractivity contribution >= 4 is 39.2 Å². The molecular weight excluding hydrogens is 325 g/mol. The summed E-state index contributed by atoms with van der Waals surface area (Å²) in [7, 11) is -3.89. The fourth-order valence-electron chi connectivity index (χ4n) is 2.30. The summed E-state index contributed by atoms with van der Waals surface area (Å²) in [5.41, 5.74) is 0. The van der Waals surface area contributed by atoms with Crippen LogP contribution in [-0.2, 0) is 14.8 Å². The Balaban J connectivity index is 2.40. The molecule has 8 heteroatoms. The van der Waals surface area contributed by atoms with Gasteiger partial charge in [-0.3, -0.25) is 4.79 Å². The molecule has 1 aromatic carbocycles. The monoisotopic (exact) mass is 337 g/mol. The van der Waals surface area contributed by atoms with Crippen LogP contribution in [0.1, 0.15) is 6.92 Å². The Morgan fingerprint density at radius 2 is 1.85 bits per heavy atom. The SMILES string of the molecule is CC1CN(S(=O)(=O)c2c(Cl)cccc2Cl)CC1C(=O)O. The average molecular weight is 338 g/mol. The molecule has 20 heavy (non-hydrogen) atoms. The molecule has 2 atom stereocenters.